The first-order valence-corrected chi connectivity index (χ1v) is 15.5. The predicted molar refractivity (Wildman–Crippen MR) is 174 cm³/mol. The summed E-state index contributed by atoms with van der Waals surface area (Å²) >= 11 is 0. The maximum Gasteiger partial charge on any atom is 0.291 e. The zero-order chi connectivity index (χ0) is 32.7. The Kier molecular flexibility index (Phi) is 8.48. The molecule has 2 aliphatic rings. The normalized spacial score (nSPS) is 15.5. The number of aliphatic hydroxyl groups is 1. The van der Waals surface area contributed by atoms with E-state index in [4.69, 9.17) is 0 Å². The van der Waals surface area contributed by atoms with Crippen molar-refractivity contribution in [3.63, 3.8) is 0 Å². The summed E-state index contributed by atoms with van der Waals surface area (Å²) in [6.45, 7) is 7.18. The summed E-state index contributed by atoms with van der Waals surface area (Å²) in [7, 11) is 5.74. The number of likely N-dealkylation sites (N-methyl/N-ethyl adjacent to an activating group) is 1. The summed E-state index contributed by atoms with van der Waals surface area (Å²) in [5, 5.41) is 26.0. The van der Waals surface area contributed by atoms with Crippen LogP contribution in [0.15, 0.2) is 36.4 Å². The van der Waals surface area contributed by atoms with Crippen LogP contribution in [0.25, 0.3) is 11.1 Å². The molecule has 4 heterocycles. The third-order valence-corrected chi connectivity index (χ3v) is 9.01. The number of amides is 2. The first-order chi connectivity index (χ1) is 22.0. The molecule has 0 radical (unpaired) electrons. The molecule has 4 aromatic rings. The number of benzene rings is 2. The molecule has 12 nitrogen and oxygen atoms in total. The molecule has 3 N–H and O–H groups in total. The van der Waals surface area contributed by atoms with Crippen LogP contribution in [0.5, 0.6) is 0 Å². The van der Waals surface area contributed by atoms with Gasteiger partial charge < -0.3 is 29.8 Å². The fourth-order valence-electron chi connectivity index (χ4n) is 6.60. The van der Waals surface area contributed by atoms with Gasteiger partial charge in [0.25, 0.3) is 11.8 Å². The van der Waals surface area contributed by atoms with Crippen molar-refractivity contribution in [2.75, 3.05) is 37.3 Å². The van der Waals surface area contributed by atoms with Crippen molar-refractivity contribution in [2.45, 2.75) is 45.9 Å². The average Bonchev–Trinajstić information content (AvgIpc) is 3.53. The van der Waals surface area contributed by atoms with E-state index in [1.165, 1.54) is 0 Å². The number of rotatable bonds is 7. The minimum Gasteiger partial charge on any atom is -0.392 e. The second-order valence-electron chi connectivity index (χ2n) is 12.3. The number of anilines is 2. The molecule has 46 heavy (non-hydrogen) atoms. The summed E-state index contributed by atoms with van der Waals surface area (Å²) in [5.74, 6) is -0.0803. The standard InChI is InChI=1S/C34H39N9O3/c1-20(44)17-43-15-13-30-28(19-43)37-31(42(30)5)33(45)38-25-10-6-8-22(21(25)2)23-9-7-11-26(24(23)16-35)39-34(46)32-36-27-18-40(3)14-12-29(27)41(32)4/h6-11,20,44H,12-15,17-19H2,1-5H3,(H,38,45)(H,39,46)/t20-/m0/s1. The molecular formula is C34H39N9O3. The van der Waals surface area contributed by atoms with Gasteiger partial charge in [-0.25, -0.2) is 9.97 Å². The van der Waals surface area contributed by atoms with Crippen molar-refractivity contribution >= 4 is 23.2 Å². The van der Waals surface area contributed by atoms with Crippen LogP contribution < -0.4 is 10.6 Å². The molecule has 1 atom stereocenters. The molecule has 0 bridgehead atoms. The minimum absolute atomic E-state index is 0.308. The van der Waals surface area contributed by atoms with Crippen molar-refractivity contribution in [2.24, 2.45) is 14.1 Å². The maximum atomic E-state index is 13.5. The van der Waals surface area contributed by atoms with Gasteiger partial charge in [-0.2, -0.15) is 5.26 Å². The average molecular weight is 622 g/mol. The van der Waals surface area contributed by atoms with Gasteiger partial charge in [0.05, 0.1) is 28.7 Å². The van der Waals surface area contributed by atoms with Crippen molar-refractivity contribution in [1.29, 1.82) is 5.26 Å². The molecule has 2 aliphatic heterocycles. The topological polar surface area (TPSA) is 144 Å². The largest absolute Gasteiger partial charge is 0.392 e. The summed E-state index contributed by atoms with van der Waals surface area (Å²) < 4.78 is 3.69. The lowest BCUT2D eigenvalue weighted by molar-refractivity contribution is 0.100. The van der Waals surface area contributed by atoms with E-state index in [1.807, 2.05) is 61.5 Å². The molecule has 238 valence electrons. The second-order valence-corrected chi connectivity index (χ2v) is 12.3. The zero-order valence-corrected chi connectivity index (χ0v) is 26.9. The lowest BCUT2D eigenvalue weighted by Gasteiger charge is -2.27. The van der Waals surface area contributed by atoms with Gasteiger partial charge in [-0.15, -0.1) is 0 Å². The fourth-order valence-corrected chi connectivity index (χ4v) is 6.60. The lowest BCUT2D eigenvalue weighted by Crippen LogP contribution is -2.36. The van der Waals surface area contributed by atoms with E-state index in [2.05, 4.69) is 36.5 Å². The quantitative estimate of drug-likeness (QED) is 0.285. The number of fused-ring (bicyclic) bond motifs is 2. The van der Waals surface area contributed by atoms with Crippen LogP contribution >= 0.6 is 0 Å². The lowest BCUT2D eigenvalue weighted by atomic mass is 9.94. The van der Waals surface area contributed by atoms with Gasteiger partial charge in [0.1, 0.15) is 6.07 Å². The van der Waals surface area contributed by atoms with Crippen LogP contribution in [0.2, 0.25) is 0 Å². The Bertz CT molecular complexity index is 1880. The number of nitrogens with zero attached hydrogens (tertiary/aromatic N) is 7. The first kappa shape index (κ1) is 31.2. The van der Waals surface area contributed by atoms with Gasteiger partial charge in [0.15, 0.2) is 11.6 Å². The molecule has 0 aliphatic carbocycles. The number of β-amino-alcohol motifs (C(OH)–C–C–N with tert-alkyl or cyclic N) is 1. The number of aromatic nitrogens is 4. The first-order valence-electron chi connectivity index (χ1n) is 15.5. The fraction of sp³-hybridized carbons (Fsp3) is 0.382. The Morgan fingerprint density at radius 1 is 0.891 bits per heavy atom. The van der Waals surface area contributed by atoms with Crippen molar-refractivity contribution in [3.8, 4) is 17.2 Å². The SMILES string of the molecule is Cc1c(NC(=O)c2nc3c(n2C)CCN(C[C@H](C)O)C3)cccc1-c1cccc(NC(=O)c2nc3c(n2C)CCN(C)C3)c1C#N. The van der Waals surface area contributed by atoms with Crippen LogP contribution in [0.4, 0.5) is 11.4 Å². The molecule has 0 unspecified atom stereocenters. The highest BCUT2D eigenvalue weighted by molar-refractivity contribution is 6.04. The molecule has 0 saturated carbocycles. The predicted octanol–water partition coefficient (Wildman–Crippen LogP) is 3.23. The zero-order valence-electron chi connectivity index (χ0n) is 26.9. The number of carbonyl (C=O) groups is 2. The van der Waals surface area contributed by atoms with Crippen molar-refractivity contribution in [1.82, 2.24) is 28.9 Å². The number of nitriles is 1. The van der Waals surface area contributed by atoms with E-state index >= 15 is 0 Å². The van der Waals surface area contributed by atoms with Crippen LogP contribution in [0.1, 0.15) is 62.1 Å². The van der Waals surface area contributed by atoms with Gasteiger partial charge in [-0.05, 0) is 44.2 Å². The van der Waals surface area contributed by atoms with Gasteiger partial charge in [0.2, 0.25) is 0 Å². The maximum absolute atomic E-state index is 13.5. The molecule has 2 aromatic carbocycles. The molecule has 0 spiro atoms. The Hall–Kier alpha value is -4.83. The Balaban J connectivity index is 1.25. The molecular weight excluding hydrogens is 582 g/mol. The smallest absolute Gasteiger partial charge is 0.291 e. The minimum atomic E-state index is -0.435. The third-order valence-electron chi connectivity index (χ3n) is 9.01. The second kappa shape index (κ2) is 12.5. The monoisotopic (exact) mass is 621 g/mol. The number of nitrogens with one attached hydrogen (secondary N) is 2. The molecule has 2 aromatic heterocycles. The molecule has 12 heteroatoms. The van der Waals surface area contributed by atoms with Gasteiger partial charge in [-0.3, -0.25) is 14.5 Å². The molecule has 6 rings (SSSR count). The Morgan fingerprint density at radius 2 is 1.46 bits per heavy atom. The molecule has 0 fully saturated rings. The van der Waals surface area contributed by atoms with E-state index in [0.717, 1.165) is 59.8 Å². The number of carbonyl (C=O) groups excluding carboxylic acids is 2. The molecule has 0 saturated heterocycles. The van der Waals surface area contributed by atoms with Crippen molar-refractivity contribution in [3.05, 3.63) is 81.9 Å². The molecule has 2 amide bonds. The van der Waals surface area contributed by atoms with Crippen LogP contribution in [-0.4, -0.2) is 78.6 Å². The van der Waals surface area contributed by atoms with E-state index in [9.17, 15) is 20.0 Å². The number of hydrogen-bond acceptors (Lipinski definition) is 8. The number of aliphatic hydroxyl groups excluding tert-OH is 1. The van der Waals surface area contributed by atoms with Gasteiger partial charge >= 0.3 is 0 Å². The number of hydrogen-bond donors (Lipinski definition) is 3. The number of imidazole rings is 2. The van der Waals surface area contributed by atoms with Crippen LogP contribution in [0.3, 0.4) is 0 Å². The third kappa shape index (κ3) is 5.80. The van der Waals surface area contributed by atoms with E-state index in [-0.39, 0.29) is 11.8 Å². The van der Waals surface area contributed by atoms with E-state index in [0.29, 0.717) is 53.8 Å². The van der Waals surface area contributed by atoms with Crippen molar-refractivity contribution < 1.29 is 14.7 Å². The highest BCUT2D eigenvalue weighted by Crippen LogP contribution is 2.34. The van der Waals surface area contributed by atoms with E-state index < -0.39 is 6.10 Å². The van der Waals surface area contributed by atoms with Crippen LogP contribution in [-0.2, 0) is 40.0 Å². The summed E-state index contributed by atoms with van der Waals surface area (Å²) in [4.78, 5) is 40.5. The Labute approximate surface area is 268 Å². The Morgan fingerprint density at radius 3 is 2.09 bits per heavy atom. The highest BCUT2D eigenvalue weighted by Gasteiger charge is 2.27. The van der Waals surface area contributed by atoms with Gasteiger partial charge in [-0.1, -0.05) is 24.3 Å². The highest BCUT2D eigenvalue weighted by atomic mass is 16.3. The van der Waals surface area contributed by atoms with E-state index in [1.54, 1.807) is 19.1 Å². The van der Waals surface area contributed by atoms with Gasteiger partial charge in [0, 0.05) is 82.3 Å². The summed E-state index contributed by atoms with van der Waals surface area (Å²) in [6, 6.07) is 13.2. The summed E-state index contributed by atoms with van der Waals surface area (Å²) in [6.07, 6.45) is 1.13. The van der Waals surface area contributed by atoms with Crippen LogP contribution in [0, 0.1) is 18.3 Å². The summed E-state index contributed by atoms with van der Waals surface area (Å²) in [5.41, 5.74) is 7.30.